The van der Waals surface area contributed by atoms with Crippen molar-refractivity contribution in [2.75, 3.05) is 13.1 Å². The first-order chi connectivity index (χ1) is 16.8. The van der Waals surface area contributed by atoms with E-state index in [0.29, 0.717) is 0 Å². The van der Waals surface area contributed by atoms with E-state index in [4.69, 9.17) is 16.7 Å². The van der Waals surface area contributed by atoms with Gasteiger partial charge in [-0.3, -0.25) is 19.6 Å². The van der Waals surface area contributed by atoms with Gasteiger partial charge >= 0.3 is 0 Å². The van der Waals surface area contributed by atoms with Gasteiger partial charge in [0.25, 0.3) is 0 Å². The van der Waals surface area contributed by atoms with Crippen LogP contribution in [0, 0.1) is 26.2 Å². The molecule has 1 saturated heterocycles. The van der Waals surface area contributed by atoms with Crippen molar-refractivity contribution in [1.29, 1.82) is 0 Å². The van der Waals surface area contributed by atoms with E-state index in [0.717, 1.165) is 81.1 Å². The second-order valence-electron chi connectivity index (χ2n) is 10.1. The number of pyridine rings is 1. The fourth-order valence-electron chi connectivity index (χ4n) is 5.97. The summed E-state index contributed by atoms with van der Waals surface area (Å²) in [5.74, 6) is 0.0188. The lowest BCUT2D eigenvalue weighted by Crippen LogP contribution is -2.63. The van der Waals surface area contributed by atoms with Gasteiger partial charge in [-0.15, -0.1) is 0 Å². The van der Waals surface area contributed by atoms with Crippen LogP contribution in [0.5, 0.6) is 0 Å². The monoisotopic (exact) mass is 486 g/mol. The van der Waals surface area contributed by atoms with E-state index in [1.54, 1.807) is 0 Å². The minimum absolute atomic E-state index is 0.0188. The smallest absolute Gasteiger partial charge is 0.245 e. The number of carbonyl (C=O) groups is 1. The van der Waals surface area contributed by atoms with Crippen LogP contribution in [0.2, 0.25) is 5.02 Å². The van der Waals surface area contributed by atoms with Gasteiger partial charge in [-0.25, -0.2) is 0 Å². The van der Waals surface area contributed by atoms with Crippen molar-refractivity contribution in [2.45, 2.75) is 39.7 Å². The molecule has 1 aliphatic carbocycles. The first kappa shape index (κ1) is 22.0. The molecular weight excluding hydrogens is 460 g/mol. The number of carbonyl (C=O) groups excluding carboxylic acids is 1. The van der Waals surface area contributed by atoms with E-state index >= 15 is 0 Å². The molecule has 1 saturated carbocycles. The average molecular weight is 487 g/mol. The Kier molecular flexibility index (Phi) is 4.90. The third-order valence-electron chi connectivity index (χ3n) is 7.76. The number of likely N-dealkylation sites (tertiary alicyclic amines) is 1. The molecular formula is C27H27ClN6O. The van der Waals surface area contributed by atoms with Gasteiger partial charge in [0.2, 0.25) is 5.91 Å². The van der Waals surface area contributed by atoms with Crippen molar-refractivity contribution >= 4 is 28.4 Å². The van der Waals surface area contributed by atoms with Crippen LogP contribution in [0.25, 0.3) is 33.3 Å². The summed E-state index contributed by atoms with van der Waals surface area (Å²) < 4.78 is 2.18. The number of hydrogen-bond acceptors (Lipinski definition) is 4. The van der Waals surface area contributed by atoms with Crippen molar-refractivity contribution in [3.8, 4) is 22.4 Å². The molecule has 1 aliphatic heterocycles. The maximum absolute atomic E-state index is 11.9. The summed E-state index contributed by atoms with van der Waals surface area (Å²) in [6.45, 7) is 11.4. The fourth-order valence-corrected chi connectivity index (χ4v) is 6.22. The molecule has 0 unspecified atom stereocenters. The number of nitrogens with zero attached hydrogens (tertiary/aromatic N) is 5. The van der Waals surface area contributed by atoms with Crippen LogP contribution < -0.4 is 0 Å². The lowest BCUT2D eigenvalue weighted by atomic mass is 9.60. The summed E-state index contributed by atoms with van der Waals surface area (Å²) in [6, 6.07) is 4.34. The molecule has 4 heterocycles. The number of aryl methyl sites for hydroxylation is 2. The molecule has 1 aromatic carbocycles. The minimum atomic E-state index is 0.0188. The first-order valence-electron chi connectivity index (χ1n) is 11.9. The van der Waals surface area contributed by atoms with Crippen molar-refractivity contribution in [1.82, 2.24) is 29.9 Å². The highest BCUT2D eigenvalue weighted by Gasteiger charge is 2.54. The quantitative estimate of drug-likeness (QED) is 0.391. The summed E-state index contributed by atoms with van der Waals surface area (Å²) in [5, 5.41) is 14.3. The number of nitrogens with one attached hydrogen (secondary N) is 1. The summed E-state index contributed by atoms with van der Waals surface area (Å²) >= 11 is 6.97. The third-order valence-corrected chi connectivity index (χ3v) is 8.25. The highest BCUT2D eigenvalue weighted by atomic mass is 35.5. The predicted octanol–water partition coefficient (Wildman–Crippen LogP) is 5.42. The van der Waals surface area contributed by atoms with Crippen LogP contribution in [0.1, 0.15) is 35.7 Å². The lowest BCUT2D eigenvalue weighted by molar-refractivity contribution is -0.149. The molecule has 1 N–H and O–H groups in total. The molecule has 0 atom stereocenters. The minimum Gasteiger partial charge on any atom is -0.338 e. The molecule has 3 aromatic heterocycles. The predicted molar refractivity (Wildman–Crippen MR) is 137 cm³/mol. The molecule has 1 spiro atoms. The van der Waals surface area contributed by atoms with Crippen molar-refractivity contribution < 1.29 is 4.79 Å². The maximum atomic E-state index is 11.9. The van der Waals surface area contributed by atoms with E-state index < -0.39 is 0 Å². The first-order valence-corrected chi connectivity index (χ1v) is 12.2. The largest absolute Gasteiger partial charge is 0.338 e. The number of fused-ring (bicyclic) bond motifs is 1. The second kappa shape index (κ2) is 7.78. The van der Waals surface area contributed by atoms with Gasteiger partial charge in [-0.05, 0) is 62.9 Å². The van der Waals surface area contributed by atoms with Crippen LogP contribution in [0.3, 0.4) is 0 Å². The maximum Gasteiger partial charge on any atom is 0.245 e. The molecule has 1 amide bonds. The Bertz CT molecular complexity index is 1500. The van der Waals surface area contributed by atoms with E-state index in [1.165, 1.54) is 6.08 Å². The lowest BCUT2D eigenvalue weighted by Gasteiger charge is -2.58. The number of halogens is 1. The number of rotatable bonds is 4. The van der Waals surface area contributed by atoms with E-state index in [9.17, 15) is 4.79 Å². The molecule has 178 valence electrons. The number of amides is 1. The second-order valence-corrected chi connectivity index (χ2v) is 10.5. The Hall–Kier alpha value is -3.45. The van der Waals surface area contributed by atoms with Gasteiger partial charge in [0.15, 0.2) is 0 Å². The number of aromatic amines is 1. The molecule has 2 aliphatic rings. The van der Waals surface area contributed by atoms with Crippen molar-refractivity contribution in [3.05, 3.63) is 65.2 Å². The summed E-state index contributed by atoms with van der Waals surface area (Å²) in [7, 11) is 0. The molecule has 0 radical (unpaired) electrons. The topological polar surface area (TPSA) is 79.7 Å². The highest BCUT2D eigenvalue weighted by molar-refractivity contribution is 6.36. The number of H-pyrrole nitrogens is 1. The van der Waals surface area contributed by atoms with Crippen molar-refractivity contribution in [3.63, 3.8) is 0 Å². The molecule has 6 rings (SSSR count). The number of aromatic nitrogens is 5. The average Bonchev–Trinajstić information content (AvgIpc) is 3.38. The van der Waals surface area contributed by atoms with Gasteiger partial charge in [0, 0.05) is 58.7 Å². The Morgan fingerprint density at radius 1 is 1.20 bits per heavy atom. The molecule has 8 heteroatoms. The van der Waals surface area contributed by atoms with Gasteiger partial charge in [0.1, 0.15) is 5.69 Å². The fraction of sp³-hybridized carbons (Fsp3) is 0.333. The van der Waals surface area contributed by atoms with Crippen LogP contribution in [0.15, 0.2) is 43.4 Å². The van der Waals surface area contributed by atoms with E-state index in [-0.39, 0.29) is 17.4 Å². The molecule has 0 bridgehead atoms. The van der Waals surface area contributed by atoms with Crippen LogP contribution >= 0.6 is 11.6 Å². The standard InChI is InChI=1S/C27H27ClN6O/c1-5-22(35)33-13-27(14-33)9-18(10-27)34-17(4)23(26(32-34)19-6-7-29-11-16(19)3)24-20-12-30-31-21(20)8-15(2)25(24)28/h5-8,11-12,18H,1,9-10,13-14H2,2-4H3,(H,30,31). The Morgan fingerprint density at radius 3 is 2.69 bits per heavy atom. The number of hydrogen-bond donors (Lipinski definition) is 1. The Morgan fingerprint density at radius 2 is 1.97 bits per heavy atom. The number of benzene rings is 1. The Balaban J connectivity index is 1.47. The zero-order valence-corrected chi connectivity index (χ0v) is 20.9. The zero-order valence-electron chi connectivity index (χ0n) is 20.1. The third kappa shape index (κ3) is 3.25. The van der Waals surface area contributed by atoms with Gasteiger partial charge in [0.05, 0.1) is 22.8 Å². The van der Waals surface area contributed by atoms with Crippen LogP contribution in [0.4, 0.5) is 0 Å². The van der Waals surface area contributed by atoms with Gasteiger partial charge in [-0.2, -0.15) is 10.2 Å². The summed E-state index contributed by atoms with van der Waals surface area (Å²) in [5.41, 5.74) is 8.26. The SMILES string of the molecule is C=CC(=O)N1CC2(CC(n3nc(-c4ccncc4C)c(-c4c(Cl)c(C)cc5[nH]ncc45)c3C)C2)C1. The van der Waals surface area contributed by atoms with Gasteiger partial charge < -0.3 is 4.90 Å². The zero-order chi connectivity index (χ0) is 24.5. The normalized spacial score (nSPS) is 17.0. The van der Waals surface area contributed by atoms with Gasteiger partial charge in [-0.1, -0.05) is 18.2 Å². The Labute approximate surface area is 208 Å². The molecule has 4 aromatic rings. The van der Waals surface area contributed by atoms with E-state index in [1.807, 2.05) is 42.5 Å². The summed E-state index contributed by atoms with van der Waals surface area (Å²) in [6.07, 6.45) is 8.94. The molecule has 35 heavy (non-hydrogen) atoms. The highest BCUT2D eigenvalue weighted by Crippen LogP contribution is 2.55. The molecule has 7 nitrogen and oxygen atoms in total. The molecule has 2 fully saturated rings. The van der Waals surface area contributed by atoms with Crippen molar-refractivity contribution in [2.24, 2.45) is 5.41 Å². The van der Waals surface area contributed by atoms with Crippen LogP contribution in [-0.4, -0.2) is 48.9 Å². The van der Waals surface area contributed by atoms with Crippen LogP contribution in [-0.2, 0) is 4.79 Å². The van der Waals surface area contributed by atoms with E-state index in [2.05, 4.69) is 40.3 Å². The summed E-state index contributed by atoms with van der Waals surface area (Å²) in [4.78, 5) is 18.1.